The quantitative estimate of drug-likeness (QED) is 0.0200. The molecular formula is C50H51N7O6S2. The molecule has 1 fully saturated rings. The van der Waals surface area contributed by atoms with Crippen LogP contribution >= 0.6 is 23.7 Å². The van der Waals surface area contributed by atoms with E-state index in [0.29, 0.717) is 52.4 Å². The molecule has 0 spiro atoms. The fourth-order valence-corrected chi connectivity index (χ4v) is 10.0. The molecule has 0 radical (unpaired) electrons. The number of carboxylic acid groups (broad SMARTS) is 1. The third-order valence-corrected chi connectivity index (χ3v) is 13.5. The van der Waals surface area contributed by atoms with Crippen molar-refractivity contribution in [2.75, 3.05) is 50.4 Å². The Hall–Kier alpha value is -6.39. The zero-order valence-corrected chi connectivity index (χ0v) is 37.9. The number of anilines is 1. The van der Waals surface area contributed by atoms with Crippen molar-refractivity contribution in [3.05, 3.63) is 159 Å². The molecule has 1 atom stereocenters. The number of benzene rings is 5. The number of amides is 1. The van der Waals surface area contributed by atoms with Crippen LogP contribution in [0.2, 0.25) is 0 Å². The summed E-state index contributed by atoms with van der Waals surface area (Å²) in [6.45, 7) is 8.96. The number of carbonyl (C=O) groups excluding carboxylic acids is 1. The molecule has 13 nitrogen and oxygen atoms in total. The van der Waals surface area contributed by atoms with Crippen molar-refractivity contribution in [3.8, 4) is 17.0 Å². The van der Waals surface area contributed by atoms with E-state index in [-0.39, 0.29) is 28.3 Å². The number of carboxylic acids is 1. The molecule has 8 rings (SSSR count). The van der Waals surface area contributed by atoms with Gasteiger partial charge in [-0.25, -0.2) is 9.31 Å². The van der Waals surface area contributed by atoms with Crippen LogP contribution in [-0.2, 0) is 6.42 Å². The van der Waals surface area contributed by atoms with Crippen LogP contribution in [0.1, 0.15) is 50.4 Å². The van der Waals surface area contributed by atoms with Crippen molar-refractivity contribution in [3.63, 3.8) is 0 Å². The Morgan fingerprint density at radius 1 is 0.908 bits per heavy atom. The number of ether oxygens (including phenoxy) is 1. The van der Waals surface area contributed by atoms with Gasteiger partial charge in [0.2, 0.25) is 0 Å². The van der Waals surface area contributed by atoms with Gasteiger partial charge in [0.15, 0.2) is 5.69 Å². The van der Waals surface area contributed by atoms with Gasteiger partial charge in [0.1, 0.15) is 11.4 Å². The first kappa shape index (κ1) is 45.2. The molecule has 1 saturated heterocycles. The van der Waals surface area contributed by atoms with Gasteiger partial charge >= 0.3 is 5.97 Å². The molecule has 65 heavy (non-hydrogen) atoms. The SMILES string of the molecule is Cc1cc(C(=O)NSc2ccc(N[C@H](CCN3CCNCC3)CSc3ccccc3)c([N+](=O)[O-])c2)cc(C)c1-c1cccc2c(CCCOc3cccc4ccccc34)c(C(=O)O)nn12. The van der Waals surface area contributed by atoms with Crippen LogP contribution in [0.4, 0.5) is 11.4 Å². The fourth-order valence-electron chi connectivity index (χ4n) is 8.39. The Kier molecular flexibility index (Phi) is 14.6. The number of hydrogen-bond acceptors (Lipinski definition) is 11. The highest BCUT2D eigenvalue weighted by molar-refractivity contribution is 7.99. The van der Waals surface area contributed by atoms with Crippen molar-refractivity contribution in [2.45, 2.75) is 48.9 Å². The lowest BCUT2D eigenvalue weighted by molar-refractivity contribution is -0.384. The summed E-state index contributed by atoms with van der Waals surface area (Å²) >= 11 is 2.74. The Morgan fingerprint density at radius 2 is 1.65 bits per heavy atom. The third-order valence-electron chi connectivity index (χ3n) is 11.6. The summed E-state index contributed by atoms with van der Waals surface area (Å²) in [4.78, 5) is 42.3. The van der Waals surface area contributed by atoms with Crippen LogP contribution in [0, 0.1) is 24.0 Å². The van der Waals surface area contributed by atoms with E-state index in [9.17, 15) is 24.8 Å². The molecule has 5 aromatic carbocycles. The lowest BCUT2D eigenvalue weighted by Gasteiger charge is -2.29. The van der Waals surface area contributed by atoms with Crippen LogP contribution in [-0.4, -0.2) is 87.5 Å². The Bertz CT molecular complexity index is 2800. The van der Waals surface area contributed by atoms with Crippen LogP contribution in [0.25, 0.3) is 27.5 Å². The first-order valence-electron chi connectivity index (χ1n) is 21.7. The molecule has 0 unspecified atom stereocenters. The van der Waals surface area contributed by atoms with Gasteiger partial charge in [0, 0.05) is 82.5 Å². The smallest absolute Gasteiger partial charge is 0.356 e. The largest absolute Gasteiger partial charge is 0.493 e. The van der Waals surface area contributed by atoms with Crippen LogP contribution in [0.5, 0.6) is 5.75 Å². The number of nitro benzene ring substituents is 1. The number of pyridine rings is 1. The van der Waals surface area contributed by atoms with E-state index < -0.39 is 5.97 Å². The molecule has 1 amide bonds. The first-order valence-corrected chi connectivity index (χ1v) is 23.5. The maximum atomic E-state index is 13.6. The van der Waals surface area contributed by atoms with Gasteiger partial charge in [-0.1, -0.05) is 60.7 Å². The van der Waals surface area contributed by atoms with Crippen LogP contribution in [0.15, 0.2) is 131 Å². The maximum Gasteiger partial charge on any atom is 0.356 e. The van der Waals surface area contributed by atoms with E-state index in [1.165, 1.54) is 6.07 Å². The standard InChI is InChI=1S/C50H51N7O6S2/c1-33-29-36(49(58)54-65-39-20-21-42(45(31-39)57(61)62)52-37(22-25-55-26-23-51-24-27-55)32-64-38-13-4-3-5-14-38)30-34(2)47(33)44-18-9-17-43-41(48(50(59)60)53-56(43)44)16-10-28-63-46-19-8-12-35-11-6-7-15-40(35)46/h3-9,11-15,17-21,29-31,37,51-52H,10,16,22-28,32H2,1-2H3,(H,54,58)(H,59,60)/t37-/m1/s1. The number of aromatic nitrogens is 2. The zero-order chi connectivity index (χ0) is 45.3. The van der Waals surface area contributed by atoms with Gasteiger partial charge in [-0.05, 0) is 116 Å². The van der Waals surface area contributed by atoms with Crippen LogP contribution < -0.4 is 20.1 Å². The average Bonchev–Trinajstić information content (AvgIpc) is 3.70. The number of nitrogens with one attached hydrogen (secondary N) is 3. The van der Waals surface area contributed by atoms with Crippen molar-refractivity contribution >= 4 is 63.3 Å². The van der Waals surface area contributed by atoms with E-state index in [4.69, 9.17) is 4.74 Å². The number of hydrogen-bond donors (Lipinski definition) is 4. The third kappa shape index (κ3) is 10.9. The zero-order valence-electron chi connectivity index (χ0n) is 36.3. The summed E-state index contributed by atoms with van der Waals surface area (Å²) in [5.41, 5.74) is 5.22. The summed E-state index contributed by atoms with van der Waals surface area (Å²) in [6, 6.07) is 38.3. The van der Waals surface area contributed by atoms with Crippen molar-refractivity contribution in [2.24, 2.45) is 0 Å². The van der Waals surface area contributed by atoms with E-state index in [2.05, 4.69) is 37.5 Å². The van der Waals surface area contributed by atoms with Crippen LogP contribution in [0.3, 0.4) is 0 Å². The molecule has 0 bridgehead atoms. The highest BCUT2D eigenvalue weighted by atomic mass is 32.2. The highest BCUT2D eigenvalue weighted by Crippen LogP contribution is 2.34. The lowest BCUT2D eigenvalue weighted by atomic mass is 9.96. The summed E-state index contributed by atoms with van der Waals surface area (Å²) < 4.78 is 10.7. The van der Waals surface area contributed by atoms with E-state index >= 15 is 0 Å². The van der Waals surface area contributed by atoms with Gasteiger partial charge in [-0.3, -0.25) is 19.6 Å². The number of nitro groups is 1. The minimum Gasteiger partial charge on any atom is -0.493 e. The second-order valence-corrected chi connectivity index (χ2v) is 18.0. The number of thioether (sulfide) groups is 1. The summed E-state index contributed by atoms with van der Waals surface area (Å²) in [5.74, 6) is 0.0541. The minimum atomic E-state index is -1.11. The van der Waals surface area contributed by atoms with Gasteiger partial charge < -0.3 is 25.4 Å². The van der Waals surface area contributed by atoms with E-state index in [1.54, 1.807) is 40.5 Å². The number of piperazine rings is 1. The van der Waals surface area contributed by atoms with Gasteiger partial charge in [0.05, 0.1) is 22.7 Å². The number of aryl methyl sites for hydroxylation is 3. The van der Waals surface area contributed by atoms with Crippen molar-refractivity contribution in [1.29, 1.82) is 0 Å². The van der Waals surface area contributed by atoms with Gasteiger partial charge in [0.25, 0.3) is 11.6 Å². The topological polar surface area (TPSA) is 163 Å². The summed E-state index contributed by atoms with van der Waals surface area (Å²) in [5, 5.41) is 36.2. The number of aromatic carboxylic acids is 1. The second-order valence-electron chi connectivity index (χ2n) is 16.1. The highest BCUT2D eigenvalue weighted by Gasteiger charge is 2.24. The van der Waals surface area contributed by atoms with Gasteiger partial charge in [-0.2, -0.15) is 5.10 Å². The Labute approximate surface area is 386 Å². The molecule has 0 aliphatic carbocycles. The monoisotopic (exact) mass is 909 g/mol. The Balaban J connectivity index is 0.943. The van der Waals surface area contributed by atoms with Crippen molar-refractivity contribution in [1.82, 2.24) is 24.6 Å². The molecular weight excluding hydrogens is 859 g/mol. The molecule has 3 heterocycles. The summed E-state index contributed by atoms with van der Waals surface area (Å²) in [7, 11) is 0. The van der Waals surface area contributed by atoms with E-state index in [1.807, 2.05) is 92.7 Å². The number of carbonyl (C=O) groups is 2. The average molecular weight is 910 g/mol. The summed E-state index contributed by atoms with van der Waals surface area (Å²) in [6.07, 6.45) is 1.85. The number of fused-ring (bicyclic) bond motifs is 2. The minimum absolute atomic E-state index is 0.0114. The molecule has 334 valence electrons. The predicted octanol–water partition coefficient (Wildman–Crippen LogP) is 9.69. The number of nitrogens with zero attached hydrogens (tertiary/aromatic N) is 4. The molecule has 7 aromatic rings. The van der Waals surface area contributed by atoms with Crippen molar-refractivity contribution < 1.29 is 24.4 Å². The Morgan fingerprint density at radius 3 is 2.42 bits per heavy atom. The maximum absolute atomic E-state index is 13.6. The fraction of sp³-hybridized carbons (Fsp3) is 0.260. The molecule has 1 aliphatic heterocycles. The van der Waals surface area contributed by atoms with Gasteiger partial charge in [-0.15, -0.1) is 11.8 Å². The normalized spacial score (nSPS) is 13.4. The molecule has 2 aromatic heterocycles. The molecule has 15 heteroatoms. The molecule has 1 aliphatic rings. The molecule has 0 saturated carbocycles. The number of rotatable bonds is 19. The van der Waals surface area contributed by atoms with E-state index in [0.717, 1.165) is 95.0 Å². The second kappa shape index (κ2) is 21.1. The lowest BCUT2D eigenvalue weighted by Crippen LogP contribution is -2.44. The predicted molar refractivity (Wildman–Crippen MR) is 260 cm³/mol. The molecule has 4 N–H and O–H groups in total. The first-order chi connectivity index (χ1) is 31.6.